The van der Waals surface area contributed by atoms with Crippen LogP contribution in [-0.4, -0.2) is 24.2 Å². The second-order valence-corrected chi connectivity index (χ2v) is 8.27. The normalized spacial score (nSPS) is 20.5. The van der Waals surface area contributed by atoms with Gasteiger partial charge in [0.05, 0.1) is 6.20 Å². The molecule has 140 valence electrons. The van der Waals surface area contributed by atoms with E-state index in [1.165, 1.54) is 29.6 Å². The molecule has 2 aliphatic rings. The van der Waals surface area contributed by atoms with Gasteiger partial charge in [-0.15, -0.1) is 0 Å². The molecule has 1 aromatic rings. The Bertz CT molecular complexity index is 893. The number of allylic oxidation sites excluding steroid dienone is 4. The predicted molar refractivity (Wildman–Crippen MR) is 98.6 cm³/mol. The van der Waals surface area contributed by atoms with E-state index in [0.717, 1.165) is 56.1 Å². The molecule has 2 amide bonds. The third kappa shape index (κ3) is 3.90. The molecule has 1 fully saturated rings. The number of urea groups is 1. The van der Waals surface area contributed by atoms with Crippen LogP contribution >= 0.6 is 0 Å². The molecule has 0 saturated heterocycles. The molecule has 2 aliphatic carbocycles. The van der Waals surface area contributed by atoms with Crippen molar-refractivity contribution in [1.82, 2.24) is 19.8 Å². The van der Waals surface area contributed by atoms with Crippen LogP contribution in [0, 0.1) is 0 Å². The van der Waals surface area contributed by atoms with E-state index in [1.54, 1.807) is 0 Å². The molecular weight excluding hydrogens is 352 g/mol. The van der Waals surface area contributed by atoms with Crippen molar-refractivity contribution in [2.45, 2.75) is 50.0 Å². The molecule has 0 bridgehead atoms. The minimum atomic E-state index is -3.99. The number of hydrogen-bond donors (Lipinski definition) is 2. The van der Waals surface area contributed by atoms with Crippen LogP contribution in [0.5, 0.6) is 0 Å². The summed E-state index contributed by atoms with van der Waals surface area (Å²) < 4.78 is 28.0. The Kier molecular flexibility index (Phi) is 5.31. The highest BCUT2D eigenvalue weighted by atomic mass is 32.2. The van der Waals surface area contributed by atoms with Gasteiger partial charge in [-0.3, -0.25) is 4.68 Å². The molecule has 0 aliphatic heterocycles. The first-order valence-corrected chi connectivity index (χ1v) is 10.3. The number of amides is 2. The number of nitrogens with zero attached hydrogens (tertiary/aromatic N) is 2. The zero-order valence-electron chi connectivity index (χ0n) is 14.9. The summed E-state index contributed by atoms with van der Waals surface area (Å²) >= 11 is 0. The van der Waals surface area contributed by atoms with Gasteiger partial charge in [-0.1, -0.05) is 12.7 Å². The van der Waals surface area contributed by atoms with Crippen LogP contribution in [0.4, 0.5) is 4.79 Å². The lowest BCUT2D eigenvalue weighted by Crippen LogP contribution is -2.40. The number of aromatic nitrogens is 2. The van der Waals surface area contributed by atoms with Crippen molar-refractivity contribution in [2.24, 2.45) is 7.05 Å². The molecule has 1 heterocycles. The minimum Gasteiger partial charge on any atom is -0.307 e. The monoisotopic (exact) mass is 376 g/mol. The Labute approximate surface area is 153 Å². The zero-order chi connectivity index (χ0) is 18.7. The Morgan fingerprint density at radius 1 is 1.23 bits per heavy atom. The fourth-order valence-corrected chi connectivity index (χ4v) is 4.51. The summed E-state index contributed by atoms with van der Waals surface area (Å²) in [5, 5.41) is 6.51. The van der Waals surface area contributed by atoms with E-state index in [0.29, 0.717) is 5.70 Å². The summed E-state index contributed by atoms with van der Waals surface area (Å²) in [4.78, 5) is 12.4. The summed E-state index contributed by atoms with van der Waals surface area (Å²) in [6.07, 6.45) is 10.4. The van der Waals surface area contributed by atoms with E-state index in [-0.39, 0.29) is 5.03 Å². The van der Waals surface area contributed by atoms with Crippen LogP contribution in [-0.2, 0) is 17.1 Å². The quantitative estimate of drug-likeness (QED) is 0.848. The molecule has 26 heavy (non-hydrogen) atoms. The van der Waals surface area contributed by atoms with E-state index in [2.05, 4.69) is 27.8 Å². The van der Waals surface area contributed by atoms with Gasteiger partial charge in [-0.2, -0.15) is 13.5 Å². The van der Waals surface area contributed by atoms with Gasteiger partial charge in [-0.05, 0) is 67.7 Å². The third-order valence-electron chi connectivity index (χ3n) is 4.76. The van der Waals surface area contributed by atoms with E-state index in [1.807, 2.05) is 0 Å². The van der Waals surface area contributed by atoms with Crippen molar-refractivity contribution in [3.8, 4) is 0 Å². The minimum absolute atomic E-state index is 0.0694. The van der Waals surface area contributed by atoms with Crippen molar-refractivity contribution < 1.29 is 13.2 Å². The molecule has 7 nitrogen and oxygen atoms in total. The molecule has 3 rings (SSSR count). The van der Waals surface area contributed by atoms with Gasteiger partial charge in [0.15, 0.2) is 5.03 Å². The van der Waals surface area contributed by atoms with Gasteiger partial charge in [0.2, 0.25) is 0 Å². The maximum Gasteiger partial charge on any atom is 0.333 e. The Balaban J connectivity index is 1.83. The predicted octanol–water partition coefficient (Wildman–Crippen LogP) is 2.90. The van der Waals surface area contributed by atoms with Crippen molar-refractivity contribution in [2.75, 3.05) is 0 Å². The zero-order valence-corrected chi connectivity index (χ0v) is 15.7. The average molecular weight is 376 g/mol. The third-order valence-corrected chi connectivity index (χ3v) is 6.16. The lowest BCUT2D eigenvalue weighted by molar-refractivity contribution is 0.248. The van der Waals surface area contributed by atoms with Gasteiger partial charge < -0.3 is 5.32 Å². The first kappa shape index (κ1) is 18.4. The maximum atomic E-state index is 12.4. The van der Waals surface area contributed by atoms with E-state index >= 15 is 0 Å². The number of aryl methyl sites for hydroxylation is 1. The van der Waals surface area contributed by atoms with E-state index in [4.69, 9.17) is 0 Å². The molecule has 1 saturated carbocycles. The van der Waals surface area contributed by atoms with Crippen molar-refractivity contribution in [3.05, 3.63) is 47.3 Å². The molecule has 0 aromatic carbocycles. The molecule has 0 atom stereocenters. The number of sulfonamides is 1. The Hall–Kier alpha value is -2.35. The number of carbonyl (C=O) groups is 1. The molecule has 0 spiro atoms. The van der Waals surface area contributed by atoms with Gasteiger partial charge in [0, 0.05) is 12.7 Å². The van der Waals surface area contributed by atoms with Crippen molar-refractivity contribution in [1.29, 1.82) is 0 Å². The first-order valence-electron chi connectivity index (χ1n) is 8.81. The molecule has 0 radical (unpaired) electrons. The van der Waals surface area contributed by atoms with Gasteiger partial charge in [0.25, 0.3) is 10.0 Å². The lowest BCUT2D eigenvalue weighted by Gasteiger charge is -2.17. The van der Waals surface area contributed by atoms with Crippen LogP contribution in [0.3, 0.4) is 0 Å². The standard InChI is InChI=1S/C18H24N4O3S/c1-13-7-4-3-5-8-14-9-6-10-15(14)17(13)20-18(23)21-26(24,25)16-11-12-19-22(16)2/h8,11-12H,1,3-7,9-10H2,2H3,(H2,20,21,23)/b14-8-,17-15?. The SMILES string of the molecule is C=C1CCCC/C=C2/CCCC2=C1NC(=O)NS(=O)(=O)c1ccnn1C. The highest BCUT2D eigenvalue weighted by Crippen LogP contribution is 2.36. The highest BCUT2D eigenvalue weighted by Gasteiger charge is 2.25. The average Bonchev–Trinajstić information content (AvgIpc) is 3.20. The summed E-state index contributed by atoms with van der Waals surface area (Å²) in [7, 11) is -2.48. The largest absolute Gasteiger partial charge is 0.333 e. The van der Waals surface area contributed by atoms with Gasteiger partial charge in [-0.25, -0.2) is 9.52 Å². The topological polar surface area (TPSA) is 93.1 Å². The summed E-state index contributed by atoms with van der Waals surface area (Å²) in [6.45, 7) is 4.12. The first-order chi connectivity index (χ1) is 12.4. The second-order valence-electron chi connectivity index (χ2n) is 6.64. The van der Waals surface area contributed by atoms with Gasteiger partial charge in [0.1, 0.15) is 0 Å². The highest BCUT2D eigenvalue weighted by molar-refractivity contribution is 7.90. The van der Waals surface area contributed by atoms with Crippen LogP contribution in [0.25, 0.3) is 0 Å². The van der Waals surface area contributed by atoms with Gasteiger partial charge >= 0.3 is 6.03 Å². The molecular formula is C18H24N4O3S. The molecule has 2 N–H and O–H groups in total. The number of nitrogens with one attached hydrogen (secondary N) is 2. The molecule has 8 heteroatoms. The summed E-state index contributed by atoms with van der Waals surface area (Å²) in [5.41, 5.74) is 3.86. The number of carbonyl (C=O) groups excluding carboxylic acids is 1. The second kappa shape index (κ2) is 7.49. The van der Waals surface area contributed by atoms with Crippen LogP contribution in [0.2, 0.25) is 0 Å². The van der Waals surface area contributed by atoms with Crippen LogP contribution < -0.4 is 10.0 Å². The molecule has 0 unspecified atom stereocenters. The lowest BCUT2D eigenvalue weighted by atomic mass is 10.0. The molecule has 1 aromatic heterocycles. The Morgan fingerprint density at radius 3 is 2.77 bits per heavy atom. The van der Waals surface area contributed by atoms with Crippen molar-refractivity contribution in [3.63, 3.8) is 0 Å². The number of fused-ring (bicyclic) bond motifs is 1. The smallest absolute Gasteiger partial charge is 0.307 e. The fraction of sp³-hybridized carbons (Fsp3) is 0.444. The van der Waals surface area contributed by atoms with Crippen molar-refractivity contribution >= 4 is 16.1 Å². The van der Waals surface area contributed by atoms with Crippen LogP contribution in [0.1, 0.15) is 44.9 Å². The number of hydrogen-bond acceptors (Lipinski definition) is 4. The summed E-state index contributed by atoms with van der Waals surface area (Å²) in [6, 6.07) is 0.564. The van der Waals surface area contributed by atoms with E-state index < -0.39 is 16.1 Å². The van der Waals surface area contributed by atoms with Crippen LogP contribution in [0.15, 0.2) is 52.4 Å². The fourth-order valence-electron chi connectivity index (χ4n) is 3.48. The Morgan fingerprint density at radius 2 is 2.04 bits per heavy atom. The summed E-state index contributed by atoms with van der Waals surface area (Å²) in [5.74, 6) is 0. The van der Waals surface area contributed by atoms with E-state index in [9.17, 15) is 13.2 Å². The maximum absolute atomic E-state index is 12.4. The number of rotatable bonds is 3.